The topological polar surface area (TPSA) is 6.48 Å². The molecule has 1 aliphatic rings. The van der Waals surface area contributed by atoms with Gasteiger partial charge in [0.2, 0.25) is 0 Å². The van der Waals surface area contributed by atoms with Gasteiger partial charge in [0, 0.05) is 25.5 Å². The lowest BCUT2D eigenvalue weighted by Gasteiger charge is -2.19. The molecule has 0 spiro atoms. The molecule has 0 unspecified atom stereocenters. The largest absolute Gasteiger partial charge is 0.359 e. The van der Waals surface area contributed by atoms with E-state index in [1.54, 1.807) is 0 Å². The maximum absolute atomic E-state index is 2.43. The highest BCUT2D eigenvalue weighted by Gasteiger charge is 2.08. The van der Waals surface area contributed by atoms with Crippen molar-refractivity contribution < 1.29 is 0 Å². The lowest BCUT2D eigenvalue weighted by atomic mass is 10.1. The van der Waals surface area contributed by atoms with Gasteiger partial charge in [-0.15, -0.1) is 0 Å². The molecule has 0 aliphatic carbocycles. The summed E-state index contributed by atoms with van der Waals surface area (Å²) in [6, 6.07) is 0. The molecule has 1 heterocycles. The van der Waals surface area contributed by atoms with Gasteiger partial charge in [-0.2, -0.15) is 0 Å². The zero-order chi connectivity index (χ0) is 11.6. The number of nitrogens with zero attached hydrogens (tertiary/aromatic N) is 2. The lowest BCUT2D eigenvalue weighted by Crippen LogP contribution is -2.25. The van der Waals surface area contributed by atoms with Gasteiger partial charge in [-0.25, -0.2) is 0 Å². The van der Waals surface area contributed by atoms with E-state index in [1.165, 1.54) is 51.5 Å². The first-order valence-corrected chi connectivity index (χ1v) is 7.03. The molecule has 0 radical (unpaired) electrons. The van der Waals surface area contributed by atoms with E-state index in [9.17, 15) is 0 Å². The molecule has 1 rings (SSSR count). The highest BCUT2D eigenvalue weighted by Crippen LogP contribution is 2.10. The van der Waals surface area contributed by atoms with E-state index < -0.39 is 0 Å². The molecule has 2 nitrogen and oxygen atoms in total. The van der Waals surface area contributed by atoms with Crippen molar-refractivity contribution in [3.8, 4) is 0 Å². The third kappa shape index (κ3) is 5.43. The van der Waals surface area contributed by atoms with Crippen molar-refractivity contribution in [1.82, 2.24) is 9.80 Å². The molecule has 0 aromatic carbocycles. The number of unbranched alkanes of at least 4 members (excludes halogenated alkanes) is 6. The summed E-state index contributed by atoms with van der Waals surface area (Å²) in [5, 5.41) is 0. The average Bonchev–Trinajstić information content (AvgIpc) is 2.76. The predicted octanol–water partition coefficient (Wildman–Crippen LogP) is 3.80. The average molecular weight is 224 g/mol. The summed E-state index contributed by atoms with van der Waals surface area (Å²) in [5.74, 6) is 0. The second-order valence-electron chi connectivity index (χ2n) is 4.78. The van der Waals surface area contributed by atoms with Crippen LogP contribution >= 0.6 is 0 Å². The zero-order valence-corrected chi connectivity index (χ0v) is 11.1. The Hall–Kier alpha value is -0.660. The van der Waals surface area contributed by atoms with Crippen LogP contribution in [0.5, 0.6) is 0 Å². The first kappa shape index (κ1) is 13.4. The lowest BCUT2D eigenvalue weighted by molar-refractivity contribution is 0.268. The van der Waals surface area contributed by atoms with Crippen LogP contribution in [0.4, 0.5) is 0 Å². The van der Waals surface area contributed by atoms with E-state index >= 15 is 0 Å². The van der Waals surface area contributed by atoms with Crippen LogP contribution in [0.25, 0.3) is 0 Å². The van der Waals surface area contributed by atoms with Crippen molar-refractivity contribution in [2.24, 2.45) is 0 Å². The Kier molecular flexibility index (Phi) is 7.11. The fourth-order valence-electron chi connectivity index (χ4n) is 2.14. The van der Waals surface area contributed by atoms with Crippen molar-refractivity contribution >= 4 is 0 Å². The number of hydrogen-bond acceptors (Lipinski definition) is 2. The molecule has 0 saturated heterocycles. The van der Waals surface area contributed by atoms with Crippen molar-refractivity contribution in [2.45, 2.75) is 58.8 Å². The molecule has 0 bridgehead atoms. The van der Waals surface area contributed by atoms with Gasteiger partial charge in [-0.3, -0.25) is 0 Å². The first-order valence-electron chi connectivity index (χ1n) is 7.03. The third-order valence-electron chi connectivity index (χ3n) is 3.31. The second-order valence-corrected chi connectivity index (χ2v) is 4.78. The molecule has 0 fully saturated rings. The predicted molar refractivity (Wildman–Crippen MR) is 71.1 cm³/mol. The molecule has 1 aliphatic heterocycles. The van der Waals surface area contributed by atoms with Gasteiger partial charge in [0.25, 0.3) is 0 Å². The summed E-state index contributed by atoms with van der Waals surface area (Å²) in [4.78, 5) is 4.77. The SMILES string of the molecule is CCCCCCCCCN1C=CN(CC)C1. The smallest absolute Gasteiger partial charge is 0.0893 e. The molecule has 0 amide bonds. The van der Waals surface area contributed by atoms with Crippen LogP contribution in [-0.4, -0.2) is 29.6 Å². The van der Waals surface area contributed by atoms with Gasteiger partial charge in [0.15, 0.2) is 0 Å². The summed E-state index contributed by atoms with van der Waals surface area (Å²) in [7, 11) is 0. The van der Waals surface area contributed by atoms with E-state index in [0.717, 1.165) is 13.2 Å². The Bertz CT molecular complexity index is 189. The third-order valence-corrected chi connectivity index (χ3v) is 3.31. The minimum atomic E-state index is 1.10. The van der Waals surface area contributed by atoms with Crippen molar-refractivity contribution in [1.29, 1.82) is 0 Å². The normalized spacial score (nSPS) is 15.1. The maximum atomic E-state index is 2.43. The summed E-state index contributed by atoms with van der Waals surface area (Å²) in [6.07, 6.45) is 14.3. The molecule has 2 heteroatoms. The second kappa shape index (κ2) is 8.49. The van der Waals surface area contributed by atoms with Crippen molar-refractivity contribution in [3.63, 3.8) is 0 Å². The zero-order valence-electron chi connectivity index (χ0n) is 11.1. The van der Waals surface area contributed by atoms with Gasteiger partial charge < -0.3 is 9.80 Å². The fraction of sp³-hybridized carbons (Fsp3) is 0.857. The Morgan fingerprint density at radius 3 is 2.06 bits per heavy atom. The first-order chi connectivity index (χ1) is 7.86. The highest BCUT2D eigenvalue weighted by molar-refractivity contribution is 4.89. The van der Waals surface area contributed by atoms with Gasteiger partial charge >= 0.3 is 0 Å². The van der Waals surface area contributed by atoms with E-state index in [4.69, 9.17) is 0 Å². The number of hydrogen-bond donors (Lipinski definition) is 0. The Labute approximate surface area is 101 Å². The molecular weight excluding hydrogens is 196 g/mol. The molecule has 0 saturated carbocycles. The van der Waals surface area contributed by atoms with Crippen LogP contribution in [0.2, 0.25) is 0 Å². The van der Waals surface area contributed by atoms with Crippen LogP contribution in [0.15, 0.2) is 12.4 Å². The summed E-state index contributed by atoms with van der Waals surface area (Å²) >= 11 is 0. The van der Waals surface area contributed by atoms with Gasteiger partial charge in [0.1, 0.15) is 0 Å². The Morgan fingerprint density at radius 2 is 1.44 bits per heavy atom. The van der Waals surface area contributed by atoms with E-state index in [2.05, 4.69) is 36.0 Å². The highest BCUT2D eigenvalue weighted by atomic mass is 15.3. The summed E-state index contributed by atoms with van der Waals surface area (Å²) < 4.78 is 0. The van der Waals surface area contributed by atoms with E-state index in [1.807, 2.05) is 0 Å². The van der Waals surface area contributed by atoms with Gasteiger partial charge in [-0.05, 0) is 13.3 Å². The standard InChI is InChI=1S/C14H28N2/c1-3-5-6-7-8-9-10-11-16-13-12-15(4-2)14-16/h12-13H,3-11,14H2,1-2H3. The van der Waals surface area contributed by atoms with Crippen LogP contribution < -0.4 is 0 Å². The van der Waals surface area contributed by atoms with Crippen LogP contribution in [0, 0.1) is 0 Å². The molecule has 0 aromatic rings. The van der Waals surface area contributed by atoms with E-state index in [-0.39, 0.29) is 0 Å². The van der Waals surface area contributed by atoms with Crippen LogP contribution in [0.1, 0.15) is 58.8 Å². The fourth-order valence-corrected chi connectivity index (χ4v) is 2.14. The van der Waals surface area contributed by atoms with Crippen LogP contribution in [-0.2, 0) is 0 Å². The van der Waals surface area contributed by atoms with Gasteiger partial charge in [-0.1, -0.05) is 45.4 Å². The Balaban J connectivity index is 1.87. The molecule has 16 heavy (non-hydrogen) atoms. The van der Waals surface area contributed by atoms with E-state index in [0.29, 0.717) is 0 Å². The minimum absolute atomic E-state index is 1.10. The molecular formula is C14H28N2. The maximum Gasteiger partial charge on any atom is 0.0893 e. The molecule has 94 valence electrons. The minimum Gasteiger partial charge on any atom is -0.359 e. The quantitative estimate of drug-likeness (QED) is 0.550. The monoisotopic (exact) mass is 224 g/mol. The Morgan fingerprint density at radius 1 is 0.812 bits per heavy atom. The van der Waals surface area contributed by atoms with Crippen molar-refractivity contribution in [2.75, 3.05) is 19.8 Å². The van der Waals surface area contributed by atoms with Crippen LogP contribution in [0.3, 0.4) is 0 Å². The summed E-state index contributed by atoms with van der Waals surface area (Å²) in [5.41, 5.74) is 0. The van der Waals surface area contributed by atoms with Crippen molar-refractivity contribution in [3.05, 3.63) is 12.4 Å². The number of rotatable bonds is 9. The summed E-state index contributed by atoms with van der Waals surface area (Å²) in [6.45, 7) is 7.96. The molecule has 0 N–H and O–H groups in total. The van der Waals surface area contributed by atoms with Gasteiger partial charge in [0.05, 0.1) is 6.67 Å². The molecule has 0 aromatic heterocycles. The molecule has 0 atom stereocenters.